The monoisotopic (exact) mass is 543 g/mol. The normalized spacial score (nSPS) is 14.3. The van der Waals surface area contributed by atoms with E-state index < -0.39 is 28.3 Å². The number of carbonyl (C=O) groups is 1. The summed E-state index contributed by atoms with van der Waals surface area (Å²) in [5.41, 5.74) is 1.51. The van der Waals surface area contributed by atoms with Crippen LogP contribution in [-0.2, 0) is 27.8 Å². The van der Waals surface area contributed by atoms with Gasteiger partial charge in [-0.15, -0.1) is 0 Å². The number of alkyl carbamates (subject to hydrolysis) is 2. The number of aromatic hydroxyl groups is 1. The first-order valence-corrected chi connectivity index (χ1v) is 13.8. The Morgan fingerprint density at radius 3 is 2.24 bits per heavy atom. The minimum Gasteiger partial charge on any atom is -0.508 e. The molecule has 10 nitrogen and oxygen atoms in total. The van der Waals surface area contributed by atoms with Gasteiger partial charge >= 0.3 is 6.09 Å². The summed E-state index contributed by atoms with van der Waals surface area (Å²) < 4.78 is 33.6. The maximum absolute atomic E-state index is 13.5. The molecule has 1 unspecified atom stereocenters. The molecule has 204 valence electrons. The quantitative estimate of drug-likeness (QED) is 0.314. The van der Waals surface area contributed by atoms with E-state index in [1.54, 1.807) is 19.4 Å². The zero-order chi connectivity index (χ0) is 27.7. The van der Waals surface area contributed by atoms with Crippen LogP contribution < -0.4 is 4.90 Å². The van der Waals surface area contributed by atoms with Gasteiger partial charge in [0.25, 0.3) is 0 Å². The minimum absolute atomic E-state index is 0.00736. The van der Waals surface area contributed by atoms with E-state index in [1.165, 1.54) is 34.9 Å². The van der Waals surface area contributed by atoms with Gasteiger partial charge in [0.15, 0.2) is 0 Å². The lowest BCUT2D eigenvalue weighted by Crippen LogP contribution is -3.17. The molecular formula is C27H35N4O6S+. The molecule has 1 aromatic heterocycles. The van der Waals surface area contributed by atoms with Crippen molar-refractivity contribution in [2.75, 3.05) is 20.1 Å². The molecule has 3 atom stereocenters. The Hall–Kier alpha value is -3.38. The second-order valence-electron chi connectivity index (χ2n) is 9.58. The highest BCUT2D eigenvalue weighted by molar-refractivity contribution is 7.89. The number of sulfonamides is 1. The molecule has 3 aromatic rings. The Bertz CT molecular complexity index is 1260. The molecule has 0 saturated heterocycles. The number of ether oxygens (including phenoxy) is 1. The van der Waals surface area contributed by atoms with Crippen molar-refractivity contribution in [3.05, 3.63) is 84.4 Å². The smallest absolute Gasteiger partial charge is 0.508 e. The Kier molecular flexibility index (Phi) is 10.3. The summed E-state index contributed by atoms with van der Waals surface area (Å²) >= 11 is 0. The number of hydrogen-bond acceptors (Lipinski definition) is 8. The molecule has 38 heavy (non-hydrogen) atoms. The summed E-state index contributed by atoms with van der Waals surface area (Å²) in [4.78, 5) is 21.1. The van der Waals surface area contributed by atoms with Crippen LogP contribution in [0.5, 0.6) is 5.75 Å². The van der Waals surface area contributed by atoms with E-state index in [9.17, 15) is 23.4 Å². The Morgan fingerprint density at radius 2 is 1.63 bits per heavy atom. The first-order valence-electron chi connectivity index (χ1n) is 12.3. The lowest BCUT2D eigenvalue weighted by Gasteiger charge is -2.31. The van der Waals surface area contributed by atoms with Gasteiger partial charge in [-0.3, -0.25) is 0 Å². The summed E-state index contributed by atoms with van der Waals surface area (Å²) in [6.07, 6.45) is 2.99. The molecule has 3 N–H and O–H groups in total. The van der Waals surface area contributed by atoms with Crippen LogP contribution in [0.25, 0.3) is 0 Å². The SMILES string of the molecule is CC(C)CN(C[C@@H](O)[C@H](Cc1ccccc1)[NH+](C)C(=O)OCc1cncnc1)S(=O)(=O)c1ccc(O)cc1. The van der Waals surface area contributed by atoms with Crippen LogP contribution in [0.1, 0.15) is 25.0 Å². The number of aliphatic hydroxyl groups is 1. The van der Waals surface area contributed by atoms with Gasteiger partial charge in [0.05, 0.1) is 11.9 Å². The van der Waals surface area contributed by atoms with Crippen molar-refractivity contribution < 1.29 is 33.1 Å². The number of aliphatic hydroxyl groups excluding tert-OH is 1. The number of carbonyl (C=O) groups excluding carboxylic acids is 1. The highest BCUT2D eigenvalue weighted by Gasteiger charge is 2.37. The van der Waals surface area contributed by atoms with Crippen molar-refractivity contribution in [2.24, 2.45) is 5.92 Å². The van der Waals surface area contributed by atoms with E-state index in [-0.39, 0.29) is 41.2 Å². The van der Waals surface area contributed by atoms with Crippen LogP contribution >= 0.6 is 0 Å². The van der Waals surface area contributed by atoms with Crippen molar-refractivity contribution >= 4 is 16.1 Å². The Labute approximate surface area is 223 Å². The number of hydrogen-bond donors (Lipinski definition) is 3. The van der Waals surface area contributed by atoms with Crippen molar-refractivity contribution in [1.29, 1.82) is 0 Å². The highest BCUT2D eigenvalue weighted by Crippen LogP contribution is 2.21. The Morgan fingerprint density at radius 1 is 1.00 bits per heavy atom. The maximum Gasteiger partial charge on any atom is 0.514 e. The van der Waals surface area contributed by atoms with Gasteiger partial charge in [-0.1, -0.05) is 44.2 Å². The molecule has 0 aliphatic rings. The van der Waals surface area contributed by atoms with E-state index >= 15 is 0 Å². The predicted molar refractivity (Wildman–Crippen MR) is 141 cm³/mol. The van der Waals surface area contributed by atoms with Crippen LogP contribution in [0.2, 0.25) is 0 Å². The first kappa shape index (κ1) is 29.2. The summed E-state index contributed by atoms with van der Waals surface area (Å²) in [5, 5.41) is 21.0. The van der Waals surface area contributed by atoms with Gasteiger partial charge in [-0.25, -0.2) is 23.3 Å². The van der Waals surface area contributed by atoms with Crippen molar-refractivity contribution in [3.8, 4) is 5.75 Å². The van der Waals surface area contributed by atoms with Crippen molar-refractivity contribution in [1.82, 2.24) is 14.3 Å². The first-order chi connectivity index (χ1) is 18.1. The zero-order valence-electron chi connectivity index (χ0n) is 21.8. The van der Waals surface area contributed by atoms with E-state index in [2.05, 4.69) is 9.97 Å². The average molecular weight is 544 g/mol. The van der Waals surface area contributed by atoms with Crippen LogP contribution in [0.4, 0.5) is 4.79 Å². The summed E-state index contributed by atoms with van der Waals surface area (Å²) in [6, 6.07) is 13.9. The fourth-order valence-corrected chi connectivity index (χ4v) is 5.67. The van der Waals surface area contributed by atoms with Gasteiger partial charge < -0.3 is 14.9 Å². The molecule has 0 spiro atoms. The number of aromatic nitrogens is 2. The van der Waals surface area contributed by atoms with E-state index in [1.807, 2.05) is 44.2 Å². The number of benzene rings is 2. The summed E-state index contributed by atoms with van der Waals surface area (Å²) in [6.45, 7) is 3.68. The summed E-state index contributed by atoms with van der Waals surface area (Å²) in [7, 11) is -2.38. The molecule has 3 rings (SSSR count). The summed E-state index contributed by atoms with van der Waals surface area (Å²) in [5.74, 6) is -0.0714. The molecule has 1 heterocycles. The number of phenols is 1. The molecule has 0 aliphatic heterocycles. The number of amides is 1. The number of phenolic OH excluding ortho intramolecular Hbond substituents is 1. The number of nitrogens with one attached hydrogen (secondary N) is 1. The molecular weight excluding hydrogens is 508 g/mol. The lowest BCUT2D eigenvalue weighted by molar-refractivity contribution is -0.835. The van der Waals surface area contributed by atoms with Gasteiger partial charge in [-0.2, -0.15) is 9.10 Å². The molecule has 0 aliphatic carbocycles. The van der Waals surface area contributed by atoms with E-state index in [0.29, 0.717) is 12.0 Å². The predicted octanol–water partition coefficient (Wildman–Crippen LogP) is 1.65. The number of quaternary nitrogens is 1. The topological polar surface area (TPSA) is 134 Å². The third kappa shape index (κ3) is 8.06. The fourth-order valence-electron chi connectivity index (χ4n) is 4.05. The second-order valence-corrected chi connectivity index (χ2v) is 11.5. The van der Waals surface area contributed by atoms with Crippen LogP contribution in [0, 0.1) is 5.92 Å². The van der Waals surface area contributed by atoms with Crippen molar-refractivity contribution in [3.63, 3.8) is 0 Å². The maximum atomic E-state index is 13.5. The number of likely N-dealkylation sites (N-methyl/N-ethyl adjacent to an activating group) is 1. The Balaban J connectivity index is 1.84. The molecule has 1 amide bonds. The van der Waals surface area contributed by atoms with Crippen LogP contribution in [0.3, 0.4) is 0 Å². The molecule has 2 aromatic carbocycles. The number of nitrogens with zero attached hydrogens (tertiary/aromatic N) is 3. The zero-order valence-corrected chi connectivity index (χ0v) is 22.6. The second kappa shape index (κ2) is 13.4. The van der Waals surface area contributed by atoms with Crippen molar-refractivity contribution in [2.45, 2.75) is 43.9 Å². The molecule has 0 fully saturated rings. The molecule has 0 radical (unpaired) electrons. The van der Waals surface area contributed by atoms with Crippen LogP contribution in [0.15, 0.2) is 78.2 Å². The average Bonchev–Trinajstić information content (AvgIpc) is 2.90. The minimum atomic E-state index is -3.98. The molecule has 0 saturated carbocycles. The van der Waals surface area contributed by atoms with Crippen LogP contribution in [-0.4, -0.2) is 71.3 Å². The fraction of sp³-hybridized carbons (Fsp3) is 0.370. The van der Waals surface area contributed by atoms with E-state index in [4.69, 9.17) is 4.74 Å². The third-order valence-corrected chi connectivity index (χ3v) is 7.90. The lowest BCUT2D eigenvalue weighted by atomic mass is 10.00. The standard InChI is InChI=1S/C27H34N4O6S/c1-20(2)16-31(38(35,36)24-11-9-23(32)10-12-24)17-26(33)25(13-21-7-5-4-6-8-21)30(3)27(34)37-18-22-14-28-19-29-15-22/h4-12,14-15,19-20,25-26,32-33H,13,16-18H2,1-3H3/p+1/t25-,26+/m0/s1. The van der Waals surface area contributed by atoms with Gasteiger partial charge in [0, 0.05) is 37.5 Å². The largest absolute Gasteiger partial charge is 0.514 e. The van der Waals surface area contributed by atoms with Gasteiger partial charge in [0.2, 0.25) is 10.0 Å². The number of rotatable bonds is 12. The molecule has 11 heteroatoms. The van der Waals surface area contributed by atoms with Gasteiger partial charge in [0.1, 0.15) is 30.8 Å². The van der Waals surface area contributed by atoms with E-state index in [0.717, 1.165) is 5.56 Å². The third-order valence-electron chi connectivity index (χ3n) is 6.06. The highest BCUT2D eigenvalue weighted by atomic mass is 32.2. The van der Waals surface area contributed by atoms with Gasteiger partial charge in [-0.05, 0) is 35.7 Å². The molecule has 0 bridgehead atoms.